The Balaban J connectivity index is 2.32. The summed E-state index contributed by atoms with van der Waals surface area (Å²) in [5.74, 6) is 1.06. The van der Waals surface area contributed by atoms with Gasteiger partial charge in [0.05, 0.1) is 12.0 Å². The van der Waals surface area contributed by atoms with Gasteiger partial charge in [0, 0.05) is 25.1 Å². The minimum Gasteiger partial charge on any atom is -0.355 e. The van der Waals surface area contributed by atoms with Crippen LogP contribution in [0.3, 0.4) is 0 Å². The number of H-pyrrole nitrogens is 1. The third kappa shape index (κ3) is 5.00. The van der Waals surface area contributed by atoms with Crippen LogP contribution in [0.1, 0.15) is 11.4 Å². The highest BCUT2D eigenvalue weighted by molar-refractivity contribution is 7.98. The minimum atomic E-state index is -4.44. The number of alkyl halides is 3. The lowest BCUT2D eigenvalue weighted by Crippen LogP contribution is -2.35. The van der Waals surface area contributed by atoms with E-state index in [1.54, 1.807) is 6.19 Å². The molecule has 3 N–H and O–H groups in total. The molecule has 0 radical (unpaired) electrons. The van der Waals surface area contributed by atoms with Gasteiger partial charge in [0.15, 0.2) is 11.9 Å². The number of nitriles is 1. The van der Waals surface area contributed by atoms with Crippen molar-refractivity contribution in [3.05, 3.63) is 17.7 Å². The summed E-state index contributed by atoms with van der Waals surface area (Å²) in [6.07, 6.45) is -1.68. The molecular weight excluding hydrogens is 293 g/mol. The van der Waals surface area contributed by atoms with E-state index < -0.39 is 11.9 Å². The maximum Gasteiger partial charge on any atom is 0.435 e. The molecule has 0 atom stereocenters. The van der Waals surface area contributed by atoms with Gasteiger partial charge in [0.25, 0.3) is 0 Å². The molecule has 0 aliphatic carbocycles. The first-order chi connectivity index (χ1) is 9.49. The highest BCUT2D eigenvalue weighted by Crippen LogP contribution is 2.30. The standard InChI is InChI=1S/C10H13F3N6S/c1-15-9(17-5-14)16-2-3-20-4-7-8(10(11,12)13)19-6-18-7/h6H,2-4H2,1H3,(H,18,19)(H2,15,16,17). The summed E-state index contributed by atoms with van der Waals surface area (Å²) in [6, 6.07) is 0. The summed E-state index contributed by atoms with van der Waals surface area (Å²) >= 11 is 1.31. The largest absolute Gasteiger partial charge is 0.435 e. The van der Waals surface area contributed by atoms with Crippen LogP contribution < -0.4 is 10.6 Å². The lowest BCUT2D eigenvalue weighted by Gasteiger charge is -2.08. The second-order valence-corrected chi connectivity index (χ2v) is 4.62. The quantitative estimate of drug-likeness (QED) is 0.251. The number of halogens is 3. The van der Waals surface area contributed by atoms with E-state index in [0.717, 1.165) is 6.33 Å². The van der Waals surface area contributed by atoms with Gasteiger partial charge in [-0.3, -0.25) is 10.3 Å². The number of thioether (sulfide) groups is 1. The molecule has 1 heterocycles. The second-order valence-electron chi connectivity index (χ2n) is 3.52. The number of hydrogen-bond donors (Lipinski definition) is 3. The third-order valence-corrected chi connectivity index (χ3v) is 3.16. The van der Waals surface area contributed by atoms with Crippen molar-refractivity contribution < 1.29 is 13.2 Å². The van der Waals surface area contributed by atoms with Crippen molar-refractivity contribution in [2.24, 2.45) is 4.99 Å². The van der Waals surface area contributed by atoms with Gasteiger partial charge in [-0.25, -0.2) is 4.98 Å². The van der Waals surface area contributed by atoms with Crippen molar-refractivity contribution in [1.29, 1.82) is 5.26 Å². The van der Waals surface area contributed by atoms with E-state index in [9.17, 15) is 13.2 Å². The monoisotopic (exact) mass is 306 g/mol. The first-order valence-electron chi connectivity index (χ1n) is 5.52. The molecule has 1 aromatic rings. The molecular formula is C10H13F3N6S. The molecule has 0 saturated carbocycles. The number of rotatable bonds is 5. The zero-order valence-corrected chi connectivity index (χ0v) is 11.4. The van der Waals surface area contributed by atoms with Gasteiger partial charge in [-0.15, -0.1) is 0 Å². The molecule has 20 heavy (non-hydrogen) atoms. The lowest BCUT2D eigenvalue weighted by atomic mass is 10.3. The molecule has 1 aromatic heterocycles. The highest BCUT2D eigenvalue weighted by atomic mass is 32.2. The molecule has 0 aliphatic rings. The van der Waals surface area contributed by atoms with Crippen LogP contribution in [-0.2, 0) is 11.9 Å². The minimum absolute atomic E-state index is 0.0574. The average molecular weight is 306 g/mol. The van der Waals surface area contributed by atoms with Crippen LogP contribution >= 0.6 is 11.8 Å². The predicted molar refractivity (Wildman–Crippen MR) is 69.9 cm³/mol. The SMILES string of the molecule is CN=C(NC#N)NCCSCc1[nH]cnc1C(F)(F)F. The topological polar surface area (TPSA) is 88.9 Å². The van der Waals surface area contributed by atoms with E-state index in [1.165, 1.54) is 18.8 Å². The van der Waals surface area contributed by atoms with E-state index in [2.05, 4.69) is 25.6 Å². The van der Waals surface area contributed by atoms with Crippen LogP contribution in [0.15, 0.2) is 11.3 Å². The molecule has 0 spiro atoms. The van der Waals surface area contributed by atoms with Gasteiger partial charge < -0.3 is 10.3 Å². The Morgan fingerprint density at radius 3 is 2.95 bits per heavy atom. The van der Waals surface area contributed by atoms with Crippen LogP contribution in [0.4, 0.5) is 13.2 Å². The molecule has 0 saturated heterocycles. The molecule has 0 aromatic carbocycles. The summed E-state index contributed by atoms with van der Waals surface area (Å²) in [5, 5.41) is 13.6. The number of nitrogens with one attached hydrogen (secondary N) is 3. The Labute approximate surface area is 117 Å². The van der Waals surface area contributed by atoms with Crippen LogP contribution in [0, 0.1) is 11.5 Å². The maximum absolute atomic E-state index is 12.5. The lowest BCUT2D eigenvalue weighted by molar-refractivity contribution is -0.141. The summed E-state index contributed by atoms with van der Waals surface area (Å²) in [5.41, 5.74) is -0.818. The molecule has 0 unspecified atom stereocenters. The van der Waals surface area contributed by atoms with Gasteiger partial charge in [0.1, 0.15) is 0 Å². The van der Waals surface area contributed by atoms with E-state index in [0.29, 0.717) is 18.3 Å². The van der Waals surface area contributed by atoms with Crippen molar-refractivity contribution in [1.82, 2.24) is 20.6 Å². The molecule has 0 fully saturated rings. The first kappa shape index (κ1) is 16.2. The summed E-state index contributed by atoms with van der Waals surface area (Å²) in [7, 11) is 1.51. The Kier molecular flexibility index (Phi) is 6.17. The summed E-state index contributed by atoms with van der Waals surface area (Å²) < 4.78 is 37.6. The number of hydrogen-bond acceptors (Lipinski definition) is 4. The molecule has 0 aliphatic heterocycles. The van der Waals surface area contributed by atoms with Crippen LogP contribution in [-0.4, -0.2) is 35.3 Å². The van der Waals surface area contributed by atoms with Crippen molar-refractivity contribution in [2.75, 3.05) is 19.3 Å². The van der Waals surface area contributed by atoms with Crippen LogP contribution in [0.25, 0.3) is 0 Å². The van der Waals surface area contributed by atoms with Crippen molar-refractivity contribution in [3.8, 4) is 6.19 Å². The number of nitrogens with zero attached hydrogens (tertiary/aromatic N) is 3. The van der Waals surface area contributed by atoms with Gasteiger partial charge in [-0.05, 0) is 0 Å². The fourth-order valence-electron chi connectivity index (χ4n) is 1.32. The Morgan fingerprint density at radius 2 is 2.35 bits per heavy atom. The third-order valence-electron chi connectivity index (χ3n) is 2.17. The Morgan fingerprint density at radius 1 is 1.60 bits per heavy atom. The molecule has 0 amide bonds. The molecule has 1 rings (SSSR count). The smallest absolute Gasteiger partial charge is 0.355 e. The van der Waals surface area contributed by atoms with E-state index in [4.69, 9.17) is 5.26 Å². The van der Waals surface area contributed by atoms with Gasteiger partial charge in [-0.2, -0.15) is 30.2 Å². The molecule has 0 bridgehead atoms. The first-order valence-corrected chi connectivity index (χ1v) is 6.67. The van der Waals surface area contributed by atoms with Crippen molar-refractivity contribution >= 4 is 17.7 Å². The fourth-order valence-corrected chi connectivity index (χ4v) is 2.14. The number of aliphatic imine (C=N–C) groups is 1. The van der Waals surface area contributed by atoms with Crippen molar-refractivity contribution in [2.45, 2.75) is 11.9 Å². The number of imidazole rings is 1. The van der Waals surface area contributed by atoms with Gasteiger partial charge in [0.2, 0.25) is 5.96 Å². The fraction of sp³-hybridized carbons (Fsp3) is 0.500. The second kappa shape index (κ2) is 7.64. The highest BCUT2D eigenvalue weighted by Gasteiger charge is 2.35. The molecule has 110 valence electrons. The van der Waals surface area contributed by atoms with E-state index in [1.807, 2.05) is 0 Å². The Hall–Kier alpha value is -1.89. The zero-order chi connectivity index (χ0) is 15.0. The summed E-state index contributed by atoms with van der Waals surface area (Å²) in [6.45, 7) is 0.474. The van der Waals surface area contributed by atoms with Crippen molar-refractivity contribution in [3.63, 3.8) is 0 Å². The normalized spacial score (nSPS) is 12.1. The zero-order valence-electron chi connectivity index (χ0n) is 10.6. The number of aromatic amines is 1. The average Bonchev–Trinajstić information content (AvgIpc) is 2.85. The van der Waals surface area contributed by atoms with Gasteiger partial charge in [-0.1, -0.05) is 0 Å². The molecule has 6 nitrogen and oxygen atoms in total. The van der Waals surface area contributed by atoms with Crippen LogP contribution in [0.5, 0.6) is 0 Å². The molecule has 10 heteroatoms. The van der Waals surface area contributed by atoms with E-state index >= 15 is 0 Å². The number of aromatic nitrogens is 2. The van der Waals surface area contributed by atoms with E-state index in [-0.39, 0.29) is 11.4 Å². The van der Waals surface area contributed by atoms with Gasteiger partial charge >= 0.3 is 6.18 Å². The summed E-state index contributed by atoms with van der Waals surface area (Å²) in [4.78, 5) is 9.54. The maximum atomic E-state index is 12.5. The number of guanidine groups is 1. The van der Waals surface area contributed by atoms with Crippen LogP contribution in [0.2, 0.25) is 0 Å². The predicted octanol–water partition coefficient (Wildman–Crippen LogP) is 1.31. The Bertz CT molecular complexity index is 490.